The second kappa shape index (κ2) is 6.18. The van der Waals surface area contributed by atoms with Crippen LogP contribution in [0.25, 0.3) is 0 Å². The van der Waals surface area contributed by atoms with Crippen molar-refractivity contribution >= 4 is 40.5 Å². The third-order valence-corrected chi connectivity index (χ3v) is 3.47. The van der Waals surface area contributed by atoms with Crippen LogP contribution in [0, 0.1) is 0 Å². The molecule has 0 aliphatic rings. The fourth-order valence-corrected chi connectivity index (χ4v) is 2.06. The molecule has 0 aliphatic carbocycles. The highest BCUT2D eigenvalue weighted by atomic mass is 35.5. The van der Waals surface area contributed by atoms with Crippen LogP contribution in [0.4, 0.5) is 0 Å². The zero-order chi connectivity index (χ0) is 13.8. The van der Waals surface area contributed by atoms with Gasteiger partial charge in [0.25, 0.3) is 5.19 Å². The summed E-state index contributed by atoms with van der Waals surface area (Å²) < 4.78 is 10.2. The fraction of sp³-hybridized carbons (Fsp3) is 0.182. The maximum Gasteiger partial charge on any atom is 0.369 e. The molecule has 0 aliphatic heterocycles. The molecule has 5 nitrogen and oxygen atoms in total. The number of hydrogen-bond acceptors (Lipinski definition) is 6. The van der Waals surface area contributed by atoms with Crippen molar-refractivity contribution < 1.29 is 14.3 Å². The zero-order valence-electron chi connectivity index (χ0n) is 9.72. The molecule has 19 heavy (non-hydrogen) atoms. The molecule has 0 unspecified atom stereocenters. The lowest BCUT2D eigenvalue weighted by molar-refractivity contribution is 0.0525. The van der Waals surface area contributed by atoms with Gasteiger partial charge in [-0.05, 0) is 30.4 Å². The molecule has 0 amide bonds. The van der Waals surface area contributed by atoms with E-state index >= 15 is 0 Å². The number of carbonyl (C=O) groups excluding carboxylic acids is 1. The van der Waals surface area contributed by atoms with E-state index in [1.807, 2.05) is 0 Å². The Bertz CT molecular complexity index is 603. The third kappa shape index (κ3) is 3.56. The van der Waals surface area contributed by atoms with Crippen molar-refractivity contribution in [3.05, 3.63) is 33.3 Å². The lowest BCUT2D eigenvalue weighted by atomic mass is 10.3. The van der Waals surface area contributed by atoms with Crippen LogP contribution < -0.4 is 4.74 Å². The van der Waals surface area contributed by atoms with Gasteiger partial charge in [-0.2, -0.15) is 0 Å². The minimum atomic E-state index is -0.524. The standard InChI is InChI=1S/C11H8Cl2N2O3S/c1-2-17-10(16)9-14-15-11(19-9)18-6-3-4-7(12)8(13)5-6/h3-5H,2H2,1H3. The monoisotopic (exact) mass is 318 g/mol. The van der Waals surface area contributed by atoms with Crippen molar-refractivity contribution in [2.24, 2.45) is 0 Å². The first kappa shape index (κ1) is 14.0. The van der Waals surface area contributed by atoms with Gasteiger partial charge >= 0.3 is 5.97 Å². The van der Waals surface area contributed by atoms with Crippen LogP contribution in [-0.2, 0) is 4.74 Å². The number of esters is 1. The van der Waals surface area contributed by atoms with E-state index in [9.17, 15) is 4.79 Å². The lowest BCUT2D eigenvalue weighted by Crippen LogP contribution is -2.03. The summed E-state index contributed by atoms with van der Waals surface area (Å²) in [6.45, 7) is 1.99. The normalized spacial score (nSPS) is 10.3. The Morgan fingerprint density at radius 1 is 1.32 bits per heavy atom. The Morgan fingerprint density at radius 3 is 2.79 bits per heavy atom. The van der Waals surface area contributed by atoms with Crippen molar-refractivity contribution in [2.75, 3.05) is 6.61 Å². The average Bonchev–Trinajstić information content (AvgIpc) is 2.83. The van der Waals surface area contributed by atoms with Crippen molar-refractivity contribution in [1.82, 2.24) is 10.2 Å². The first-order valence-corrected chi connectivity index (χ1v) is 6.81. The van der Waals surface area contributed by atoms with Gasteiger partial charge in [0.15, 0.2) is 0 Å². The predicted octanol–water partition coefficient (Wildman–Crippen LogP) is 3.81. The summed E-state index contributed by atoms with van der Waals surface area (Å²) in [6.07, 6.45) is 0. The Kier molecular flexibility index (Phi) is 4.57. The molecule has 0 saturated heterocycles. The van der Waals surface area contributed by atoms with Crippen LogP contribution in [0.1, 0.15) is 16.7 Å². The van der Waals surface area contributed by atoms with Crippen LogP contribution in [0.5, 0.6) is 10.9 Å². The van der Waals surface area contributed by atoms with E-state index in [0.29, 0.717) is 15.8 Å². The molecular weight excluding hydrogens is 311 g/mol. The summed E-state index contributed by atoms with van der Waals surface area (Å²) in [5.41, 5.74) is 0. The molecule has 0 spiro atoms. The van der Waals surface area contributed by atoms with E-state index in [-0.39, 0.29) is 16.8 Å². The average molecular weight is 319 g/mol. The smallest absolute Gasteiger partial charge is 0.369 e. The molecule has 2 rings (SSSR count). The summed E-state index contributed by atoms with van der Waals surface area (Å²) in [5, 5.41) is 8.58. The number of rotatable bonds is 4. The van der Waals surface area contributed by atoms with Crippen LogP contribution in [0.2, 0.25) is 10.0 Å². The zero-order valence-corrected chi connectivity index (χ0v) is 12.1. The Balaban J connectivity index is 2.11. The number of halogens is 2. The number of hydrogen-bond donors (Lipinski definition) is 0. The first-order chi connectivity index (χ1) is 9.10. The minimum absolute atomic E-state index is 0.136. The summed E-state index contributed by atoms with van der Waals surface area (Å²) in [4.78, 5) is 11.4. The lowest BCUT2D eigenvalue weighted by Gasteiger charge is -2.01. The van der Waals surface area contributed by atoms with E-state index in [1.165, 1.54) is 0 Å². The highest BCUT2D eigenvalue weighted by Gasteiger charge is 2.15. The van der Waals surface area contributed by atoms with Gasteiger partial charge in [-0.1, -0.05) is 28.3 Å². The molecule has 0 saturated carbocycles. The molecule has 1 heterocycles. The minimum Gasteiger partial charge on any atom is -0.461 e. The number of benzene rings is 1. The Hall–Kier alpha value is -1.37. The van der Waals surface area contributed by atoms with E-state index < -0.39 is 5.97 Å². The third-order valence-electron chi connectivity index (χ3n) is 1.95. The second-order valence-electron chi connectivity index (χ2n) is 3.27. The van der Waals surface area contributed by atoms with Crippen LogP contribution in [-0.4, -0.2) is 22.8 Å². The number of carbonyl (C=O) groups is 1. The molecule has 0 atom stereocenters. The predicted molar refractivity (Wildman–Crippen MR) is 72.4 cm³/mol. The van der Waals surface area contributed by atoms with E-state index in [0.717, 1.165) is 11.3 Å². The van der Waals surface area contributed by atoms with Crippen LogP contribution in [0.3, 0.4) is 0 Å². The maximum absolute atomic E-state index is 11.4. The van der Waals surface area contributed by atoms with Crippen LogP contribution >= 0.6 is 34.5 Å². The van der Waals surface area contributed by atoms with Crippen molar-refractivity contribution in [3.8, 4) is 10.9 Å². The quantitative estimate of drug-likeness (QED) is 0.802. The number of aromatic nitrogens is 2. The largest absolute Gasteiger partial charge is 0.461 e. The topological polar surface area (TPSA) is 61.3 Å². The van der Waals surface area contributed by atoms with Gasteiger partial charge in [-0.3, -0.25) is 0 Å². The molecule has 8 heteroatoms. The maximum atomic E-state index is 11.4. The molecule has 0 N–H and O–H groups in total. The molecule has 0 radical (unpaired) electrons. The molecule has 1 aromatic carbocycles. The van der Waals surface area contributed by atoms with E-state index in [1.54, 1.807) is 25.1 Å². The molecule has 2 aromatic rings. The van der Waals surface area contributed by atoms with Gasteiger partial charge in [0.05, 0.1) is 16.7 Å². The number of nitrogens with zero attached hydrogens (tertiary/aromatic N) is 2. The Labute approximate surface area is 123 Å². The van der Waals surface area contributed by atoms with Gasteiger partial charge in [-0.15, -0.1) is 5.10 Å². The van der Waals surface area contributed by atoms with Gasteiger partial charge in [-0.25, -0.2) is 4.79 Å². The van der Waals surface area contributed by atoms with Crippen molar-refractivity contribution in [2.45, 2.75) is 6.92 Å². The first-order valence-electron chi connectivity index (χ1n) is 5.23. The van der Waals surface area contributed by atoms with Gasteiger partial charge in [0.2, 0.25) is 5.01 Å². The Morgan fingerprint density at radius 2 is 2.11 bits per heavy atom. The number of ether oxygens (including phenoxy) is 2. The summed E-state index contributed by atoms with van der Waals surface area (Å²) in [7, 11) is 0. The second-order valence-corrected chi connectivity index (χ2v) is 5.03. The molecule has 100 valence electrons. The molecule has 0 bridgehead atoms. The van der Waals surface area contributed by atoms with Crippen LogP contribution in [0.15, 0.2) is 18.2 Å². The fourth-order valence-electron chi connectivity index (χ4n) is 1.17. The SMILES string of the molecule is CCOC(=O)c1nnc(Oc2ccc(Cl)c(Cl)c2)s1. The van der Waals surface area contributed by atoms with Gasteiger partial charge < -0.3 is 9.47 Å². The van der Waals surface area contributed by atoms with Crippen molar-refractivity contribution in [3.63, 3.8) is 0 Å². The summed E-state index contributed by atoms with van der Waals surface area (Å²) >= 11 is 12.6. The molecule has 1 aromatic heterocycles. The van der Waals surface area contributed by atoms with E-state index in [4.69, 9.17) is 32.7 Å². The van der Waals surface area contributed by atoms with E-state index in [2.05, 4.69) is 10.2 Å². The van der Waals surface area contributed by atoms with Gasteiger partial charge in [0, 0.05) is 6.07 Å². The summed E-state index contributed by atoms with van der Waals surface area (Å²) in [6, 6.07) is 4.79. The van der Waals surface area contributed by atoms with Gasteiger partial charge in [0.1, 0.15) is 5.75 Å². The summed E-state index contributed by atoms with van der Waals surface area (Å²) in [5.74, 6) is -0.0649. The highest BCUT2D eigenvalue weighted by molar-refractivity contribution is 7.14. The molecular formula is C11H8Cl2N2O3S. The highest BCUT2D eigenvalue weighted by Crippen LogP contribution is 2.30. The van der Waals surface area contributed by atoms with Crippen molar-refractivity contribution in [1.29, 1.82) is 0 Å². The molecule has 0 fully saturated rings.